The standard InChI is InChI=1S/C14H23NO/c1-14(2,3)10-13(16)15-8-6-12(7-9-15)11-4-5-11/h4-10H2,1-3H3. The molecule has 0 N–H and O–H groups in total. The van der Waals surface area contributed by atoms with E-state index in [4.69, 9.17) is 0 Å². The molecule has 0 unspecified atom stereocenters. The van der Waals surface area contributed by atoms with Gasteiger partial charge in [0.15, 0.2) is 0 Å². The maximum Gasteiger partial charge on any atom is 0.223 e. The third kappa shape index (κ3) is 3.10. The Bertz CT molecular complexity index is 306. The second kappa shape index (κ2) is 4.23. The molecule has 0 aromatic heterocycles. The van der Waals surface area contributed by atoms with Gasteiger partial charge in [-0.05, 0) is 31.1 Å². The van der Waals surface area contributed by atoms with Crippen LogP contribution in [-0.2, 0) is 4.79 Å². The van der Waals surface area contributed by atoms with E-state index < -0.39 is 0 Å². The van der Waals surface area contributed by atoms with Crippen LogP contribution in [0.4, 0.5) is 0 Å². The summed E-state index contributed by atoms with van der Waals surface area (Å²) in [4.78, 5) is 14.1. The highest BCUT2D eigenvalue weighted by Gasteiger charge is 2.26. The molecule has 2 nitrogen and oxygen atoms in total. The Morgan fingerprint density at radius 3 is 2.00 bits per heavy atom. The normalized spacial score (nSPS) is 21.3. The van der Waals surface area contributed by atoms with Crippen molar-refractivity contribution in [3.8, 4) is 0 Å². The van der Waals surface area contributed by atoms with Crippen molar-refractivity contribution in [2.45, 2.75) is 52.9 Å². The average molecular weight is 221 g/mol. The van der Waals surface area contributed by atoms with E-state index in [9.17, 15) is 4.79 Å². The molecule has 2 aliphatic rings. The van der Waals surface area contributed by atoms with Crippen molar-refractivity contribution >= 4 is 5.91 Å². The van der Waals surface area contributed by atoms with Crippen LogP contribution in [0.25, 0.3) is 0 Å². The molecule has 1 amide bonds. The van der Waals surface area contributed by atoms with Crippen LogP contribution >= 0.6 is 0 Å². The van der Waals surface area contributed by atoms with Gasteiger partial charge in [-0.3, -0.25) is 4.79 Å². The molecule has 0 bridgehead atoms. The summed E-state index contributed by atoms with van der Waals surface area (Å²) in [6.07, 6.45) is 5.59. The van der Waals surface area contributed by atoms with Gasteiger partial charge in [0.05, 0.1) is 0 Å². The molecule has 90 valence electrons. The highest BCUT2D eigenvalue weighted by molar-refractivity contribution is 5.77. The molecule has 0 aromatic rings. The van der Waals surface area contributed by atoms with E-state index in [1.54, 1.807) is 11.1 Å². The first-order valence-electron chi connectivity index (χ1n) is 6.43. The maximum atomic E-state index is 12.0. The Morgan fingerprint density at radius 1 is 1.06 bits per heavy atom. The zero-order valence-corrected chi connectivity index (χ0v) is 10.8. The topological polar surface area (TPSA) is 20.3 Å². The molecule has 0 spiro atoms. The minimum Gasteiger partial charge on any atom is -0.342 e. The van der Waals surface area contributed by atoms with Crippen LogP contribution in [-0.4, -0.2) is 23.9 Å². The molecule has 16 heavy (non-hydrogen) atoms. The van der Waals surface area contributed by atoms with Gasteiger partial charge in [-0.25, -0.2) is 0 Å². The predicted molar refractivity (Wildman–Crippen MR) is 66.1 cm³/mol. The molecule has 1 saturated carbocycles. The molecule has 0 atom stereocenters. The van der Waals surface area contributed by atoms with Gasteiger partial charge in [0.25, 0.3) is 0 Å². The number of carbonyl (C=O) groups excluding carboxylic acids is 1. The summed E-state index contributed by atoms with van der Waals surface area (Å²) in [7, 11) is 0. The highest BCUT2D eigenvalue weighted by Crippen LogP contribution is 2.36. The van der Waals surface area contributed by atoms with E-state index in [1.165, 1.54) is 12.8 Å². The number of piperidine rings is 1. The lowest BCUT2D eigenvalue weighted by Crippen LogP contribution is -2.38. The first-order chi connectivity index (χ1) is 7.46. The smallest absolute Gasteiger partial charge is 0.223 e. The molecule has 2 heteroatoms. The molecule has 2 rings (SSSR count). The predicted octanol–water partition coefficient (Wildman–Crippen LogP) is 3.14. The Morgan fingerprint density at radius 2 is 1.56 bits per heavy atom. The van der Waals surface area contributed by atoms with Crippen LogP contribution in [0.1, 0.15) is 52.9 Å². The van der Waals surface area contributed by atoms with Crippen LogP contribution in [0.3, 0.4) is 0 Å². The van der Waals surface area contributed by atoms with Crippen molar-refractivity contribution in [2.24, 2.45) is 5.41 Å². The van der Waals surface area contributed by atoms with E-state index in [0.29, 0.717) is 12.3 Å². The van der Waals surface area contributed by atoms with E-state index in [1.807, 2.05) is 0 Å². The fraction of sp³-hybridized carbons (Fsp3) is 0.786. The largest absolute Gasteiger partial charge is 0.342 e. The molecular formula is C14H23NO. The van der Waals surface area contributed by atoms with Crippen molar-refractivity contribution in [3.05, 3.63) is 11.1 Å². The maximum absolute atomic E-state index is 12.0. The quantitative estimate of drug-likeness (QED) is 0.623. The van der Waals surface area contributed by atoms with Crippen molar-refractivity contribution in [2.75, 3.05) is 13.1 Å². The van der Waals surface area contributed by atoms with E-state index in [-0.39, 0.29) is 5.41 Å². The molecule has 0 aromatic carbocycles. The average Bonchev–Trinajstić information content (AvgIpc) is 2.98. The van der Waals surface area contributed by atoms with Gasteiger partial charge in [-0.1, -0.05) is 31.9 Å². The van der Waals surface area contributed by atoms with Crippen LogP contribution < -0.4 is 0 Å². The summed E-state index contributed by atoms with van der Waals surface area (Å²) in [6.45, 7) is 8.30. The molecule has 1 aliphatic carbocycles. The van der Waals surface area contributed by atoms with E-state index in [2.05, 4.69) is 25.7 Å². The first kappa shape index (κ1) is 11.7. The number of nitrogens with zero attached hydrogens (tertiary/aromatic N) is 1. The zero-order valence-electron chi connectivity index (χ0n) is 10.8. The highest BCUT2D eigenvalue weighted by atomic mass is 16.2. The minimum absolute atomic E-state index is 0.117. The Kier molecular flexibility index (Phi) is 3.09. The lowest BCUT2D eigenvalue weighted by molar-refractivity contribution is -0.133. The summed E-state index contributed by atoms with van der Waals surface area (Å²) < 4.78 is 0. The van der Waals surface area contributed by atoms with Crippen molar-refractivity contribution in [3.63, 3.8) is 0 Å². The van der Waals surface area contributed by atoms with Crippen molar-refractivity contribution in [1.29, 1.82) is 0 Å². The third-order valence-corrected chi connectivity index (χ3v) is 3.40. The minimum atomic E-state index is 0.117. The second-order valence-electron chi connectivity index (χ2n) is 6.33. The summed E-state index contributed by atoms with van der Waals surface area (Å²) in [5, 5.41) is 0. The summed E-state index contributed by atoms with van der Waals surface area (Å²) in [5.41, 5.74) is 3.45. The second-order valence-corrected chi connectivity index (χ2v) is 6.33. The summed E-state index contributed by atoms with van der Waals surface area (Å²) in [6, 6.07) is 0. The Balaban J connectivity index is 1.84. The fourth-order valence-corrected chi connectivity index (χ4v) is 2.36. The SMILES string of the molecule is CC(C)(C)CC(=O)N1CCC(=C2CC2)CC1. The third-order valence-electron chi connectivity index (χ3n) is 3.40. The lowest BCUT2D eigenvalue weighted by atomic mass is 9.91. The van der Waals surface area contributed by atoms with Crippen molar-refractivity contribution < 1.29 is 4.79 Å². The van der Waals surface area contributed by atoms with Gasteiger partial charge in [0, 0.05) is 19.5 Å². The molecule has 1 aliphatic heterocycles. The number of likely N-dealkylation sites (tertiary alicyclic amines) is 1. The fourth-order valence-electron chi connectivity index (χ4n) is 2.36. The van der Waals surface area contributed by atoms with Gasteiger partial charge < -0.3 is 4.90 Å². The number of hydrogen-bond donors (Lipinski definition) is 0. The summed E-state index contributed by atoms with van der Waals surface area (Å²) in [5.74, 6) is 0.340. The van der Waals surface area contributed by atoms with Crippen molar-refractivity contribution in [1.82, 2.24) is 4.90 Å². The monoisotopic (exact) mass is 221 g/mol. The van der Waals surface area contributed by atoms with Gasteiger partial charge in [-0.2, -0.15) is 0 Å². The molecule has 1 saturated heterocycles. The zero-order chi connectivity index (χ0) is 11.8. The molecule has 2 fully saturated rings. The Hall–Kier alpha value is -0.790. The number of hydrogen-bond acceptors (Lipinski definition) is 1. The molecule has 0 radical (unpaired) electrons. The van der Waals surface area contributed by atoms with E-state index in [0.717, 1.165) is 25.9 Å². The first-order valence-corrected chi connectivity index (χ1v) is 6.43. The summed E-state index contributed by atoms with van der Waals surface area (Å²) >= 11 is 0. The van der Waals surface area contributed by atoms with Crippen LogP contribution in [0.2, 0.25) is 0 Å². The Labute approximate surface area is 98.7 Å². The van der Waals surface area contributed by atoms with Gasteiger partial charge in [0.1, 0.15) is 0 Å². The van der Waals surface area contributed by atoms with Gasteiger partial charge in [0.2, 0.25) is 5.91 Å². The van der Waals surface area contributed by atoms with Crippen LogP contribution in [0, 0.1) is 5.41 Å². The van der Waals surface area contributed by atoms with Crippen LogP contribution in [0.15, 0.2) is 11.1 Å². The number of allylic oxidation sites excluding steroid dienone is 1. The molecular weight excluding hydrogens is 198 g/mol. The van der Waals surface area contributed by atoms with E-state index >= 15 is 0 Å². The lowest BCUT2D eigenvalue weighted by Gasteiger charge is -2.31. The van der Waals surface area contributed by atoms with Gasteiger partial charge in [-0.15, -0.1) is 0 Å². The number of carbonyl (C=O) groups is 1. The number of rotatable bonds is 1. The van der Waals surface area contributed by atoms with Gasteiger partial charge >= 0.3 is 0 Å². The van der Waals surface area contributed by atoms with Crippen LogP contribution in [0.5, 0.6) is 0 Å². The number of amides is 1. The molecule has 1 heterocycles.